The van der Waals surface area contributed by atoms with Gasteiger partial charge in [-0.25, -0.2) is 0 Å². The Labute approximate surface area is 170 Å². The Hall–Kier alpha value is -1.40. The van der Waals surface area contributed by atoms with Gasteiger partial charge in [0.1, 0.15) is 5.75 Å². The lowest BCUT2D eigenvalue weighted by Crippen LogP contribution is -2.07. The number of ether oxygens (including phenoxy) is 1. The molecule has 0 atom stereocenters. The molecule has 5 nitrogen and oxygen atoms in total. The average molecular weight is 413 g/mol. The topological polar surface area (TPSA) is 80.7 Å². The van der Waals surface area contributed by atoms with Crippen molar-refractivity contribution in [3.05, 3.63) is 24.3 Å². The van der Waals surface area contributed by atoms with Crippen LogP contribution >= 0.6 is 0 Å². The van der Waals surface area contributed by atoms with E-state index in [1.165, 1.54) is 88.5 Å². The molecule has 1 aromatic rings. The fourth-order valence-corrected chi connectivity index (χ4v) is 3.63. The summed E-state index contributed by atoms with van der Waals surface area (Å²) >= 11 is 0. The molecule has 1 rings (SSSR count). The van der Waals surface area contributed by atoms with E-state index in [2.05, 4.69) is 6.92 Å². The minimum Gasteiger partial charge on any atom is -0.427 e. The molecule has 1 N–H and O–H groups in total. The van der Waals surface area contributed by atoms with E-state index >= 15 is 0 Å². The molecule has 0 spiro atoms. The van der Waals surface area contributed by atoms with Gasteiger partial charge in [-0.1, -0.05) is 84.0 Å². The second kappa shape index (κ2) is 14.6. The maximum atomic E-state index is 11.8. The van der Waals surface area contributed by atoms with Gasteiger partial charge in [0.05, 0.1) is 4.90 Å². The molecular weight excluding hydrogens is 376 g/mol. The predicted molar refractivity (Wildman–Crippen MR) is 112 cm³/mol. The standard InChI is InChI=1S/C22H36O5S/c1-2-3-4-5-6-7-8-9-10-11-12-13-14-15-22(23)27-20-16-18-21(19-17-20)28(24,25)26/h16-19H,2-15H2,1H3,(H,24,25,26). The van der Waals surface area contributed by atoms with Crippen molar-refractivity contribution in [1.29, 1.82) is 0 Å². The number of rotatable bonds is 16. The predicted octanol–water partition coefficient (Wildman–Crippen LogP) is 6.32. The molecule has 0 aliphatic rings. The van der Waals surface area contributed by atoms with Gasteiger partial charge in [-0.15, -0.1) is 0 Å². The van der Waals surface area contributed by atoms with Crippen molar-refractivity contribution in [3.8, 4) is 5.75 Å². The number of carbonyl (C=O) groups excluding carboxylic acids is 1. The second-order valence-corrected chi connectivity index (χ2v) is 8.83. The van der Waals surface area contributed by atoms with Gasteiger partial charge in [0.15, 0.2) is 0 Å². The first kappa shape index (κ1) is 24.6. The number of carbonyl (C=O) groups is 1. The highest BCUT2D eigenvalue weighted by Crippen LogP contribution is 2.17. The van der Waals surface area contributed by atoms with Gasteiger partial charge < -0.3 is 4.74 Å². The highest BCUT2D eigenvalue weighted by molar-refractivity contribution is 7.85. The number of hydrogen-bond acceptors (Lipinski definition) is 4. The highest BCUT2D eigenvalue weighted by Gasteiger charge is 2.10. The van der Waals surface area contributed by atoms with Gasteiger partial charge in [0, 0.05) is 6.42 Å². The molecule has 0 radical (unpaired) electrons. The maximum Gasteiger partial charge on any atom is 0.311 e. The monoisotopic (exact) mass is 412 g/mol. The zero-order chi connectivity index (χ0) is 20.7. The van der Waals surface area contributed by atoms with E-state index < -0.39 is 10.1 Å². The summed E-state index contributed by atoms with van der Waals surface area (Å²) < 4.78 is 36.0. The number of hydrogen-bond donors (Lipinski definition) is 1. The third-order valence-electron chi connectivity index (χ3n) is 4.84. The zero-order valence-electron chi connectivity index (χ0n) is 17.2. The van der Waals surface area contributed by atoms with E-state index in [-0.39, 0.29) is 16.6 Å². The minimum absolute atomic E-state index is 0.219. The van der Waals surface area contributed by atoms with Crippen molar-refractivity contribution in [2.75, 3.05) is 0 Å². The quantitative estimate of drug-likeness (QED) is 0.149. The van der Waals surface area contributed by atoms with Gasteiger partial charge in [0.2, 0.25) is 0 Å². The minimum atomic E-state index is -4.22. The van der Waals surface area contributed by atoms with Crippen LogP contribution in [0.2, 0.25) is 0 Å². The van der Waals surface area contributed by atoms with Crippen molar-refractivity contribution in [1.82, 2.24) is 0 Å². The molecule has 1 aromatic carbocycles. The molecule has 0 aliphatic heterocycles. The van der Waals surface area contributed by atoms with E-state index in [0.29, 0.717) is 6.42 Å². The van der Waals surface area contributed by atoms with Crippen LogP contribution in [0.1, 0.15) is 96.8 Å². The van der Waals surface area contributed by atoms with Crippen LogP contribution in [0.25, 0.3) is 0 Å². The summed E-state index contributed by atoms with van der Waals surface area (Å²) in [5.74, 6) is -0.0326. The van der Waals surface area contributed by atoms with E-state index in [1.807, 2.05) is 0 Å². The van der Waals surface area contributed by atoms with Gasteiger partial charge in [-0.2, -0.15) is 8.42 Å². The molecule has 0 heterocycles. The lowest BCUT2D eigenvalue weighted by molar-refractivity contribution is -0.134. The second-order valence-electron chi connectivity index (χ2n) is 7.41. The Kier molecular flexibility index (Phi) is 12.8. The summed E-state index contributed by atoms with van der Waals surface area (Å²) in [5.41, 5.74) is 0. The van der Waals surface area contributed by atoms with Crippen LogP contribution in [0.15, 0.2) is 29.2 Å². The third-order valence-corrected chi connectivity index (χ3v) is 5.71. The lowest BCUT2D eigenvalue weighted by Gasteiger charge is -2.05. The molecule has 0 saturated carbocycles. The smallest absolute Gasteiger partial charge is 0.311 e. The first-order valence-corrected chi connectivity index (χ1v) is 12.2. The third kappa shape index (κ3) is 12.1. The fraction of sp³-hybridized carbons (Fsp3) is 0.682. The van der Waals surface area contributed by atoms with Crippen LogP contribution in [0.5, 0.6) is 5.75 Å². The Bertz CT molecular complexity index is 637. The molecule has 6 heteroatoms. The van der Waals surface area contributed by atoms with Gasteiger partial charge in [-0.05, 0) is 30.7 Å². The van der Waals surface area contributed by atoms with Gasteiger partial charge in [0.25, 0.3) is 10.1 Å². The Balaban J connectivity index is 1.98. The normalized spacial score (nSPS) is 11.5. The molecule has 0 aliphatic carbocycles. The molecule has 28 heavy (non-hydrogen) atoms. The summed E-state index contributed by atoms with van der Waals surface area (Å²) in [6.07, 6.45) is 16.7. The van der Waals surface area contributed by atoms with E-state index in [9.17, 15) is 13.2 Å². The van der Waals surface area contributed by atoms with Crippen molar-refractivity contribution in [2.45, 2.75) is 102 Å². The van der Waals surface area contributed by atoms with Crippen LogP contribution in [0.3, 0.4) is 0 Å². The molecular formula is C22H36O5S. The first-order valence-electron chi connectivity index (χ1n) is 10.7. The Morgan fingerprint density at radius 2 is 1.21 bits per heavy atom. The van der Waals surface area contributed by atoms with Gasteiger partial charge in [-0.3, -0.25) is 9.35 Å². The largest absolute Gasteiger partial charge is 0.427 e. The summed E-state index contributed by atoms with van der Waals surface area (Å²) in [7, 11) is -4.22. The Morgan fingerprint density at radius 3 is 1.64 bits per heavy atom. The molecule has 0 saturated heterocycles. The van der Waals surface area contributed by atoms with Crippen LogP contribution in [-0.2, 0) is 14.9 Å². The summed E-state index contributed by atoms with van der Waals surface area (Å²) in [6.45, 7) is 2.25. The van der Waals surface area contributed by atoms with E-state index in [4.69, 9.17) is 9.29 Å². The van der Waals surface area contributed by atoms with Crippen LogP contribution in [-0.4, -0.2) is 18.9 Å². The molecule has 0 bridgehead atoms. The molecule has 0 aromatic heterocycles. The van der Waals surface area contributed by atoms with Crippen molar-refractivity contribution in [3.63, 3.8) is 0 Å². The van der Waals surface area contributed by atoms with Gasteiger partial charge >= 0.3 is 5.97 Å². The van der Waals surface area contributed by atoms with Crippen LogP contribution in [0, 0.1) is 0 Å². The molecule has 0 amide bonds. The van der Waals surface area contributed by atoms with Crippen LogP contribution in [0.4, 0.5) is 0 Å². The van der Waals surface area contributed by atoms with Crippen LogP contribution < -0.4 is 4.74 Å². The molecule has 160 valence electrons. The first-order chi connectivity index (χ1) is 13.4. The highest BCUT2D eigenvalue weighted by atomic mass is 32.2. The summed E-state index contributed by atoms with van der Waals surface area (Å²) in [4.78, 5) is 11.6. The van der Waals surface area contributed by atoms with Crippen molar-refractivity contribution in [2.24, 2.45) is 0 Å². The number of benzene rings is 1. The summed E-state index contributed by atoms with van der Waals surface area (Å²) in [6, 6.07) is 5.15. The van der Waals surface area contributed by atoms with Crippen molar-refractivity contribution >= 4 is 16.1 Å². The zero-order valence-corrected chi connectivity index (χ0v) is 18.0. The maximum absolute atomic E-state index is 11.8. The Morgan fingerprint density at radius 1 is 0.786 bits per heavy atom. The average Bonchev–Trinajstić information content (AvgIpc) is 2.65. The van der Waals surface area contributed by atoms with Crippen molar-refractivity contribution < 1.29 is 22.5 Å². The van der Waals surface area contributed by atoms with E-state index in [1.54, 1.807) is 0 Å². The SMILES string of the molecule is CCCCCCCCCCCCCCCC(=O)Oc1ccc(S(=O)(=O)O)cc1. The molecule has 0 fully saturated rings. The number of unbranched alkanes of at least 4 members (excludes halogenated alkanes) is 12. The fourth-order valence-electron chi connectivity index (χ4n) is 3.15. The number of esters is 1. The van der Waals surface area contributed by atoms with E-state index in [0.717, 1.165) is 19.3 Å². The lowest BCUT2D eigenvalue weighted by atomic mass is 10.0. The summed E-state index contributed by atoms with van der Waals surface area (Å²) in [5, 5.41) is 0. The molecule has 0 unspecified atom stereocenters.